The van der Waals surface area contributed by atoms with E-state index in [0.29, 0.717) is 60.8 Å². The van der Waals surface area contributed by atoms with Gasteiger partial charge >= 0.3 is 0 Å². The smallest absolute Gasteiger partial charge is 0.253 e. The van der Waals surface area contributed by atoms with Gasteiger partial charge in [0.2, 0.25) is 5.91 Å². The molecule has 1 N–H and O–H groups in total. The van der Waals surface area contributed by atoms with Gasteiger partial charge in [-0.1, -0.05) is 54.6 Å². The number of rotatable bonds is 7. The van der Waals surface area contributed by atoms with Crippen molar-refractivity contribution in [2.24, 2.45) is 11.8 Å². The van der Waals surface area contributed by atoms with Crippen molar-refractivity contribution < 1.29 is 14.0 Å². The van der Waals surface area contributed by atoms with E-state index in [1.54, 1.807) is 0 Å². The molecule has 2 atom stereocenters. The van der Waals surface area contributed by atoms with Crippen molar-refractivity contribution in [3.05, 3.63) is 57.6 Å². The Bertz CT molecular complexity index is 1130. The molecular weight excluding hydrogens is 560 g/mol. The van der Waals surface area contributed by atoms with E-state index in [0.717, 1.165) is 36.0 Å². The van der Waals surface area contributed by atoms with Gasteiger partial charge in [-0.2, -0.15) is 0 Å². The van der Waals surface area contributed by atoms with Crippen LogP contribution in [0.2, 0.25) is 10.0 Å². The number of hydrogen-bond donors (Lipinski definition) is 1. The second-order valence-electron chi connectivity index (χ2n) is 10.9. The number of nitrogens with zero attached hydrogens (tertiary/aromatic N) is 2. The summed E-state index contributed by atoms with van der Waals surface area (Å²) in [5.74, 6) is 0.441. The van der Waals surface area contributed by atoms with Crippen LogP contribution < -0.4 is 5.32 Å². The molecule has 39 heavy (non-hydrogen) atoms. The van der Waals surface area contributed by atoms with Crippen molar-refractivity contribution >= 4 is 47.4 Å². The van der Waals surface area contributed by atoms with Crippen LogP contribution in [0.25, 0.3) is 11.1 Å². The van der Waals surface area contributed by atoms with Crippen LogP contribution in [-0.4, -0.2) is 67.6 Å². The monoisotopic (exact) mass is 595 g/mol. The van der Waals surface area contributed by atoms with Crippen LogP contribution in [0.5, 0.6) is 0 Å². The van der Waals surface area contributed by atoms with Crippen LogP contribution in [0, 0.1) is 11.8 Å². The molecule has 212 valence electrons. The first-order chi connectivity index (χ1) is 18.5. The number of benzene rings is 2. The SMILES string of the molecule is Cl.O=C1NCC[C@H]1C(c1c(Cl)cc(-c2ccc(C(=O)N3CCN(CCF)CC3)cc2)cc1Cl)C1CCCCC1. The van der Waals surface area contributed by atoms with Gasteiger partial charge in [-0.15, -0.1) is 12.4 Å². The minimum absolute atomic E-state index is 0. The summed E-state index contributed by atoms with van der Waals surface area (Å²) >= 11 is 13.9. The second kappa shape index (κ2) is 13.7. The number of alkyl halides is 1. The van der Waals surface area contributed by atoms with Crippen molar-refractivity contribution in [2.75, 3.05) is 45.9 Å². The molecule has 2 amide bonds. The molecule has 2 aliphatic heterocycles. The van der Waals surface area contributed by atoms with E-state index in [1.165, 1.54) is 19.3 Å². The number of halogens is 4. The Labute approximate surface area is 246 Å². The molecule has 0 bridgehead atoms. The number of carbonyl (C=O) groups excluding carboxylic acids is 2. The van der Waals surface area contributed by atoms with Gasteiger partial charge in [0.1, 0.15) is 6.67 Å². The quantitative estimate of drug-likeness (QED) is 0.391. The van der Waals surface area contributed by atoms with Gasteiger partial charge in [0.15, 0.2) is 0 Å². The van der Waals surface area contributed by atoms with Crippen LogP contribution in [0.15, 0.2) is 36.4 Å². The van der Waals surface area contributed by atoms with Gasteiger partial charge < -0.3 is 10.2 Å². The van der Waals surface area contributed by atoms with Crippen LogP contribution in [-0.2, 0) is 4.79 Å². The van der Waals surface area contributed by atoms with Gasteiger partial charge in [-0.3, -0.25) is 14.5 Å². The lowest BCUT2D eigenvalue weighted by Crippen LogP contribution is -2.49. The summed E-state index contributed by atoms with van der Waals surface area (Å²) in [6.45, 7) is 3.38. The Morgan fingerprint density at radius 2 is 1.59 bits per heavy atom. The molecule has 2 heterocycles. The van der Waals surface area contributed by atoms with Crippen LogP contribution in [0.3, 0.4) is 0 Å². The standard InChI is InChI=1S/C30H36Cl2FN3O2.ClH/c31-25-18-23(20-6-8-22(9-7-20)30(38)36-16-14-35(13-11-33)15-17-36)19-26(32)28(25)27(21-4-2-1-3-5-21)24-10-12-34-29(24)37;/h6-9,18-19,21,24,27H,1-5,10-17H2,(H,34,37);1H/t24-,27?;/m0./s1. The minimum atomic E-state index is -0.360. The van der Waals surface area contributed by atoms with Gasteiger partial charge in [0, 0.05) is 66.7 Å². The normalized spacial score (nSPS) is 21.4. The Hall–Kier alpha value is -1.86. The van der Waals surface area contributed by atoms with Crippen LogP contribution >= 0.6 is 35.6 Å². The third-order valence-corrected chi connectivity index (χ3v) is 9.25. The van der Waals surface area contributed by atoms with Crippen molar-refractivity contribution in [2.45, 2.75) is 44.4 Å². The predicted molar refractivity (Wildman–Crippen MR) is 158 cm³/mol. The summed E-state index contributed by atoms with van der Waals surface area (Å²) in [5, 5.41) is 4.22. The van der Waals surface area contributed by atoms with E-state index in [4.69, 9.17) is 23.2 Å². The zero-order chi connectivity index (χ0) is 26.6. The van der Waals surface area contributed by atoms with Gasteiger partial charge in [-0.25, -0.2) is 4.39 Å². The van der Waals surface area contributed by atoms with Crippen LogP contribution in [0.1, 0.15) is 60.4 Å². The first kappa shape index (κ1) is 30.1. The highest BCUT2D eigenvalue weighted by atomic mass is 35.5. The highest BCUT2D eigenvalue weighted by molar-refractivity contribution is 6.36. The van der Waals surface area contributed by atoms with E-state index >= 15 is 0 Å². The molecule has 3 aliphatic rings. The fraction of sp³-hybridized carbons (Fsp3) is 0.533. The Morgan fingerprint density at radius 3 is 2.15 bits per heavy atom. The van der Waals surface area contributed by atoms with Crippen LogP contribution in [0.4, 0.5) is 4.39 Å². The molecule has 2 aromatic rings. The fourth-order valence-corrected chi connectivity index (χ4v) is 7.30. The van der Waals surface area contributed by atoms with Gasteiger partial charge in [0.25, 0.3) is 5.91 Å². The number of hydrogen-bond acceptors (Lipinski definition) is 3. The largest absolute Gasteiger partial charge is 0.356 e. The number of carbonyl (C=O) groups is 2. The van der Waals surface area contributed by atoms with E-state index in [1.807, 2.05) is 46.2 Å². The Balaban J connectivity index is 0.00000353. The number of amides is 2. The average molecular weight is 597 g/mol. The lowest BCUT2D eigenvalue weighted by molar-refractivity contribution is -0.123. The van der Waals surface area contributed by atoms with E-state index in [9.17, 15) is 14.0 Å². The zero-order valence-corrected chi connectivity index (χ0v) is 24.5. The molecule has 9 heteroatoms. The van der Waals surface area contributed by atoms with Crippen molar-refractivity contribution in [3.63, 3.8) is 0 Å². The lowest BCUT2D eigenvalue weighted by Gasteiger charge is -2.35. The topological polar surface area (TPSA) is 52.7 Å². The fourth-order valence-electron chi connectivity index (χ4n) is 6.57. The molecule has 1 saturated carbocycles. The molecule has 2 aromatic carbocycles. The van der Waals surface area contributed by atoms with Gasteiger partial charge in [0.05, 0.1) is 0 Å². The molecule has 0 spiro atoms. The van der Waals surface area contributed by atoms with E-state index in [-0.39, 0.29) is 42.7 Å². The molecule has 3 fully saturated rings. The molecule has 1 unspecified atom stereocenters. The van der Waals surface area contributed by atoms with Crippen molar-refractivity contribution in [1.82, 2.24) is 15.1 Å². The first-order valence-electron chi connectivity index (χ1n) is 13.9. The summed E-state index contributed by atoms with van der Waals surface area (Å²) < 4.78 is 12.6. The lowest BCUT2D eigenvalue weighted by atomic mass is 9.70. The summed E-state index contributed by atoms with van der Waals surface area (Å²) in [6.07, 6.45) is 6.62. The number of nitrogens with one attached hydrogen (secondary N) is 1. The average Bonchev–Trinajstić information content (AvgIpc) is 3.36. The minimum Gasteiger partial charge on any atom is -0.356 e. The molecule has 2 saturated heterocycles. The Kier molecular flexibility index (Phi) is 10.6. The Morgan fingerprint density at radius 1 is 0.949 bits per heavy atom. The molecular formula is C30H37Cl3FN3O2. The van der Waals surface area contributed by atoms with E-state index in [2.05, 4.69) is 5.32 Å². The molecule has 5 rings (SSSR count). The maximum atomic E-state index is 13.0. The molecule has 0 radical (unpaired) electrons. The van der Waals surface area contributed by atoms with E-state index < -0.39 is 0 Å². The summed E-state index contributed by atoms with van der Waals surface area (Å²) in [7, 11) is 0. The third kappa shape index (κ3) is 6.73. The molecule has 0 aromatic heterocycles. The summed E-state index contributed by atoms with van der Waals surface area (Å²) in [6, 6.07) is 11.4. The predicted octanol–water partition coefficient (Wildman–Crippen LogP) is 6.61. The summed E-state index contributed by atoms with van der Waals surface area (Å²) in [5.41, 5.74) is 3.36. The third-order valence-electron chi connectivity index (χ3n) is 8.62. The highest BCUT2D eigenvalue weighted by Gasteiger charge is 2.40. The van der Waals surface area contributed by atoms with Gasteiger partial charge in [-0.05, 0) is 66.1 Å². The zero-order valence-electron chi connectivity index (χ0n) is 22.1. The second-order valence-corrected chi connectivity index (χ2v) is 11.7. The number of piperazine rings is 1. The maximum absolute atomic E-state index is 13.0. The van der Waals surface area contributed by atoms with Crippen molar-refractivity contribution in [3.8, 4) is 11.1 Å². The first-order valence-corrected chi connectivity index (χ1v) is 14.7. The molecule has 5 nitrogen and oxygen atoms in total. The maximum Gasteiger partial charge on any atom is 0.253 e. The molecule has 1 aliphatic carbocycles. The van der Waals surface area contributed by atoms with Crippen molar-refractivity contribution in [1.29, 1.82) is 0 Å². The summed E-state index contributed by atoms with van der Waals surface area (Å²) in [4.78, 5) is 29.6. The highest BCUT2D eigenvalue weighted by Crippen LogP contribution is 2.48.